The van der Waals surface area contributed by atoms with Crippen LogP contribution in [0.25, 0.3) is 0 Å². The summed E-state index contributed by atoms with van der Waals surface area (Å²) in [6, 6.07) is 5.99. The van der Waals surface area contributed by atoms with Gasteiger partial charge in [-0.2, -0.15) is 0 Å². The monoisotopic (exact) mass is 358 g/mol. The van der Waals surface area contributed by atoms with Gasteiger partial charge in [0.1, 0.15) is 0 Å². The molecule has 3 nitrogen and oxygen atoms in total. The summed E-state index contributed by atoms with van der Waals surface area (Å²) >= 11 is 2.27. The highest BCUT2D eigenvalue weighted by atomic mass is 127. The number of amides is 1. The summed E-state index contributed by atoms with van der Waals surface area (Å²) in [6.45, 7) is 3.98. The van der Waals surface area contributed by atoms with E-state index >= 15 is 0 Å². The van der Waals surface area contributed by atoms with Crippen LogP contribution in [-0.2, 0) is 4.79 Å². The summed E-state index contributed by atoms with van der Waals surface area (Å²) < 4.78 is 1.17. The van der Waals surface area contributed by atoms with Gasteiger partial charge in [0.25, 0.3) is 0 Å². The molecule has 0 radical (unpaired) electrons. The minimum atomic E-state index is -0.421. The molecule has 1 aliphatic rings. The van der Waals surface area contributed by atoms with Crippen molar-refractivity contribution in [3.8, 4) is 0 Å². The predicted molar refractivity (Wildman–Crippen MR) is 82.5 cm³/mol. The molecular formula is C14H19IN2O. The molecule has 3 N–H and O–H groups in total. The van der Waals surface area contributed by atoms with Crippen LogP contribution in [0.4, 0.5) is 5.69 Å². The van der Waals surface area contributed by atoms with Gasteiger partial charge in [-0.25, -0.2) is 0 Å². The topological polar surface area (TPSA) is 55.1 Å². The molecule has 98 valence electrons. The Morgan fingerprint density at radius 1 is 1.56 bits per heavy atom. The fraction of sp³-hybridized carbons (Fsp3) is 0.500. The van der Waals surface area contributed by atoms with Crippen molar-refractivity contribution >= 4 is 34.2 Å². The summed E-state index contributed by atoms with van der Waals surface area (Å²) in [4.78, 5) is 12.4. The Morgan fingerprint density at radius 2 is 2.28 bits per heavy atom. The van der Waals surface area contributed by atoms with E-state index in [0.717, 1.165) is 30.5 Å². The second-order valence-corrected chi connectivity index (χ2v) is 6.58. The number of carbonyl (C=O) groups is 1. The molecule has 1 aromatic rings. The molecule has 1 aliphatic carbocycles. The van der Waals surface area contributed by atoms with Gasteiger partial charge in [-0.1, -0.05) is 6.42 Å². The van der Waals surface area contributed by atoms with Crippen LogP contribution in [0.3, 0.4) is 0 Å². The summed E-state index contributed by atoms with van der Waals surface area (Å²) in [7, 11) is 0. The first kappa shape index (κ1) is 13.8. The van der Waals surface area contributed by atoms with E-state index in [9.17, 15) is 4.79 Å². The molecule has 1 amide bonds. The molecule has 1 fully saturated rings. The Kier molecular flexibility index (Phi) is 3.96. The SMILES string of the molecule is Cc1cc(I)ccc1NC(=O)C1(C)CCCC1N. The first-order valence-electron chi connectivity index (χ1n) is 6.26. The molecule has 0 bridgehead atoms. The van der Waals surface area contributed by atoms with Crippen molar-refractivity contribution in [3.63, 3.8) is 0 Å². The van der Waals surface area contributed by atoms with Gasteiger partial charge < -0.3 is 11.1 Å². The van der Waals surface area contributed by atoms with Crippen molar-refractivity contribution in [1.29, 1.82) is 0 Å². The number of nitrogens with two attached hydrogens (primary N) is 1. The van der Waals surface area contributed by atoms with Crippen LogP contribution < -0.4 is 11.1 Å². The Hall–Kier alpha value is -0.620. The van der Waals surface area contributed by atoms with Crippen LogP contribution >= 0.6 is 22.6 Å². The third-order valence-corrected chi connectivity index (χ3v) is 4.66. The van der Waals surface area contributed by atoms with Crippen LogP contribution in [0, 0.1) is 15.9 Å². The average molecular weight is 358 g/mol. The van der Waals surface area contributed by atoms with Crippen molar-refractivity contribution in [1.82, 2.24) is 0 Å². The maximum atomic E-state index is 12.4. The van der Waals surface area contributed by atoms with Gasteiger partial charge in [-0.15, -0.1) is 0 Å². The van der Waals surface area contributed by atoms with E-state index in [1.54, 1.807) is 0 Å². The Morgan fingerprint density at radius 3 is 2.83 bits per heavy atom. The van der Waals surface area contributed by atoms with Crippen LogP contribution in [-0.4, -0.2) is 11.9 Å². The highest BCUT2D eigenvalue weighted by Gasteiger charge is 2.42. The van der Waals surface area contributed by atoms with E-state index in [2.05, 4.69) is 34.0 Å². The highest BCUT2D eigenvalue weighted by molar-refractivity contribution is 14.1. The molecule has 0 spiro atoms. The molecule has 4 heteroatoms. The van der Waals surface area contributed by atoms with Gasteiger partial charge in [0.05, 0.1) is 5.41 Å². The molecule has 0 aromatic heterocycles. The molecule has 0 aliphatic heterocycles. The predicted octanol–water partition coefficient (Wildman–Crippen LogP) is 3.06. The van der Waals surface area contributed by atoms with Crippen LogP contribution in [0.1, 0.15) is 31.7 Å². The van der Waals surface area contributed by atoms with E-state index in [-0.39, 0.29) is 11.9 Å². The second-order valence-electron chi connectivity index (χ2n) is 5.33. The Bertz CT molecular complexity index is 475. The van der Waals surface area contributed by atoms with Gasteiger partial charge in [0.15, 0.2) is 0 Å². The van der Waals surface area contributed by atoms with Gasteiger partial charge in [-0.05, 0) is 73.0 Å². The third-order valence-electron chi connectivity index (χ3n) is 3.98. The van der Waals surface area contributed by atoms with E-state index in [1.165, 1.54) is 3.57 Å². The summed E-state index contributed by atoms with van der Waals surface area (Å²) in [5.41, 5.74) is 7.62. The van der Waals surface area contributed by atoms with Crippen molar-refractivity contribution in [2.45, 2.75) is 39.2 Å². The fourth-order valence-corrected chi connectivity index (χ4v) is 3.15. The zero-order valence-corrected chi connectivity index (χ0v) is 13.0. The number of halogens is 1. The molecular weight excluding hydrogens is 339 g/mol. The Balaban J connectivity index is 2.16. The fourth-order valence-electron chi connectivity index (χ4n) is 2.51. The number of aryl methyl sites for hydroxylation is 1. The molecule has 2 unspecified atom stereocenters. The molecule has 1 aromatic carbocycles. The van der Waals surface area contributed by atoms with Gasteiger partial charge >= 0.3 is 0 Å². The van der Waals surface area contributed by atoms with E-state index in [4.69, 9.17) is 5.73 Å². The van der Waals surface area contributed by atoms with E-state index < -0.39 is 5.41 Å². The molecule has 18 heavy (non-hydrogen) atoms. The van der Waals surface area contributed by atoms with E-state index in [0.29, 0.717) is 0 Å². The van der Waals surface area contributed by atoms with E-state index in [1.807, 2.05) is 26.0 Å². The van der Waals surface area contributed by atoms with Gasteiger partial charge in [0.2, 0.25) is 5.91 Å². The van der Waals surface area contributed by atoms with Crippen molar-refractivity contribution in [2.75, 3.05) is 5.32 Å². The molecule has 0 heterocycles. The summed E-state index contributed by atoms with van der Waals surface area (Å²) in [6.07, 6.45) is 2.86. The third kappa shape index (κ3) is 2.54. The molecule has 1 saturated carbocycles. The largest absolute Gasteiger partial charge is 0.327 e. The van der Waals surface area contributed by atoms with Gasteiger partial charge in [-0.3, -0.25) is 4.79 Å². The zero-order chi connectivity index (χ0) is 13.3. The quantitative estimate of drug-likeness (QED) is 0.799. The maximum absolute atomic E-state index is 12.4. The number of anilines is 1. The van der Waals surface area contributed by atoms with Crippen molar-refractivity contribution in [2.24, 2.45) is 11.1 Å². The lowest BCUT2D eigenvalue weighted by Crippen LogP contribution is -2.44. The number of benzene rings is 1. The van der Waals surface area contributed by atoms with Crippen LogP contribution in [0.2, 0.25) is 0 Å². The molecule has 2 rings (SSSR count). The average Bonchev–Trinajstić information content (AvgIpc) is 2.64. The van der Waals surface area contributed by atoms with Crippen LogP contribution in [0.5, 0.6) is 0 Å². The smallest absolute Gasteiger partial charge is 0.231 e. The maximum Gasteiger partial charge on any atom is 0.231 e. The number of hydrogen-bond acceptors (Lipinski definition) is 2. The minimum absolute atomic E-state index is 0.0262. The summed E-state index contributed by atoms with van der Waals surface area (Å²) in [5.74, 6) is 0.0526. The lowest BCUT2D eigenvalue weighted by molar-refractivity contribution is -0.125. The summed E-state index contributed by atoms with van der Waals surface area (Å²) in [5, 5.41) is 3.03. The lowest BCUT2D eigenvalue weighted by Gasteiger charge is -2.27. The normalized spacial score (nSPS) is 27.2. The highest BCUT2D eigenvalue weighted by Crippen LogP contribution is 2.37. The lowest BCUT2D eigenvalue weighted by atomic mass is 9.84. The first-order chi connectivity index (χ1) is 8.43. The molecule has 2 atom stereocenters. The number of carbonyl (C=O) groups excluding carboxylic acids is 1. The zero-order valence-electron chi connectivity index (χ0n) is 10.8. The van der Waals surface area contributed by atoms with Crippen molar-refractivity contribution in [3.05, 3.63) is 27.3 Å². The van der Waals surface area contributed by atoms with Crippen molar-refractivity contribution < 1.29 is 4.79 Å². The number of nitrogens with one attached hydrogen (secondary N) is 1. The number of hydrogen-bond donors (Lipinski definition) is 2. The number of rotatable bonds is 2. The Labute approximate surface area is 122 Å². The van der Waals surface area contributed by atoms with Crippen LogP contribution in [0.15, 0.2) is 18.2 Å². The standard InChI is InChI=1S/C14H19IN2O/c1-9-8-10(15)5-6-11(9)17-13(18)14(2)7-3-4-12(14)16/h5-6,8,12H,3-4,7,16H2,1-2H3,(H,17,18). The second kappa shape index (κ2) is 5.17. The molecule has 0 saturated heterocycles. The first-order valence-corrected chi connectivity index (χ1v) is 7.34. The minimum Gasteiger partial charge on any atom is -0.327 e. The van der Waals surface area contributed by atoms with Gasteiger partial charge in [0, 0.05) is 15.3 Å².